The fourth-order valence-corrected chi connectivity index (χ4v) is 3.40. The zero-order valence-electron chi connectivity index (χ0n) is 16.0. The first-order valence-corrected chi connectivity index (χ1v) is 9.58. The molecule has 1 saturated heterocycles. The van der Waals surface area contributed by atoms with E-state index in [2.05, 4.69) is 45.6 Å². The Bertz CT molecular complexity index is 952. The maximum Gasteiger partial charge on any atom is 0.246 e. The van der Waals surface area contributed by atoms with Crippen molar-refractivity contribution in [2.24, 2.45) is 0 Å². The molecule has 1 aliphatic heterocycles. The summed E-state index contributed by atoms with van der Waals surface area (Å²) in [7, 11) is 0. The lowest BCUT2D eigenvalue weighted by molar-refractivity contribution is -0.126. The van der Waals surface area contributed by atoms with Crippen molar-refractivity contribution in [3.8, 4) is 5.69 Å². The minimum absolute atomic E-state index is 0.0605. The van der Waals surface area contributed by atoms with Gasteiger partial charge in [-0.3, -0.25) is 9.36 Å². The molecule has 1 fully saturated rings. The van der Waals surface area contributed by atoms with Crippen molar-refractivity contribution in [1.82, 2.24) is 14.5 Å². The number of aryl methyl sites for hydroxylation is 1. The molecule has 1 aliphatic rings. The van der Waals surface area contributed by atoms with Gasteiger partial charge in [-0.2, -0.15) is 0 Å². The summed E-state index contributed by atoms with van der Waals surface area (Å²) in [5, 5.41) is 0. The Labute approximate surface area is 165 Å². The molecule has 0 saturated carbocycles. The topological polar surface area (TPSA) is 41.4 Å². The van der Waals surface area contributed by atoms with Gasteiger partial charge in [-0.25, -0.2) is 4.98 Å². The first kappa shape index (κ1) is 18.0. The van der Waals surface area contributed by atoms with Crippen molar-refractivity contribution >= 4 is 17.9 Å². The van der Waals surface area contributed by atoms with Crippen LogP contribution in [-0.4, -0.2) is 46.5 Å². The van der Waals surface area contributed by atoms with Crippen LogP contribution in [0.2, 0.25) is 0 Å². The molecule has 0 spiro atoms. The van der Waals surface area contributed by atoms with Crippen LogP contribution < -0.4 is 4.90 Å². The van der Waals surface area contributed by atoms with Gasteiger partial charge in [-0.05, 0) is 30.7 Å². The van der Waals surface area contributed by atoms with Crippen molar-refractivity contribution in [3.05, 3.63) is 84.2 Å². The fourth-order valence-electron chi connectivity index (χ4n) is 3.40. The quantitative estimate of drug-likeness (QED) is 0.658. The molecule has 0 aliphatic carbocycles. The van der Waals surface area contributed by atoms with Gasteiger partial charge in [0.1, 0.15) is 0 Å². The summed E-state index contributed by atoms with van der Waals surface area (Å²) >= 11 is 0. The molecule has 0 radical (unpaired) electrons. The Morgan fingerprint density at radius 3 is 2.39 bits per heavy atom. The average molecular weight is 372 g/mol. The Balaban J connectivity index is 1.40. The highest BCUT2D eigenvalue weighted by Gasteiger charge is 2.22. The van der Waals surface area contributed by atoms with Gasteiger partial charge in [0.15, 0.2) is 0 Å². The zero-order valence-corrected chi connectivity index (χ0v) is 16.0. The maximum absolute atomic E-state index is 12.5. The molecular weight excluding hydrogens is 348 g/mol. The number of hydrogen-bond acceptors (Lipinski definition) is 3. The predicted octanol–water partition coefficient (Wildman–Crippen LogP) is 3.54. The SMILES string of the molecule is Cc1ccc(-n2ccnc2N2CCN(C(=O)/C=C/c3ccccc3)CC2)cc1. The summed E-state index contributed by atoms with van der Waals surface area (Å²) < 4.78 is 2.10. The van der Waals surface area contributed by atoms with Crippen molar-refractivity contribution in [3.63, 3.8) is 0 Å². The highest BCUT2D eigenvalue weighted by molar-refractivity contribution is 5.91. The van der Waals surface area contributed by atoms with Crippen LogP contribution in [0.3, 0.4) is 0 Å². The summed E-state index contributed by atoms with van der Waals surface area (Å²) in [6.45, 7) is 5.01. The van der Waals surface area contributed by atoms with E-state index in [-0.39, 0.29) is 5.91 Å². The number of carbonyl (C=O) groups excluding carboxylic acids is 1. The molecule has 4 rings (SSSR count). The highest BCUT2D eigenvalue weighted by atomic mass is 16.2. The number of imidazole rings is 1. The molecule has 3 aromatic rings. The van der Waals surface area contributed by atoms with Crippen LogP contribution >= 0.6 is 0 Å². The molecule has 1 amide bonds. The number of benzene rings is 2. The molecule has 142 valence electrons. The standard InChI is InChI=1S/C23H24N4O/c1-19-7-10-21(11-8-19)27-14-13-24-23(27)26-17-15-25(16-18-26)22(28)12-9-20-5-3-2-4-6-20/h2-14H,15-18H2,1H3/b12-9+. The van der Waals surface area contributed by atoms with Gasteiger partial charge in [0, 0.05) is 50.3 Å². The molecule has 1 aromatic heterocycles. The van der Waals surface area contributed by atoms with Crippen molar-refractivity contribution < 1.29 is 4.79 Å². The van der Waals surface area contributed by atoms with Gasteiger partial charge >= 0.3 is 0 Å². The van der Waals surface area contributed by atoms with E-state index in [0.29, 0.717) is 13.1 Å². The van der Waals surface area contributed by atoms with Gasteiger partial charge in [0.25, 0.3) is 0 Å². The van der Waals surface area contributed by atoms with Gasteiger partial charge in [0.05, 0.1) is 0 Å². The summed E-state index contributed by atoms with van der Waals surface area (Å²) in [5.74, 6) is 0.987. The Kier molecular flexibility index (Phi) is 5.24. The van der Waals surface area contributed by atoms with Crippen molar-refractivity contribution in [2.75, 3.05) is 31.1 Å². The Morgan fingerprint density at radius 1 is 0.964 bits per heavy atom. The van der Waals surface area contributed by atoms with Crippen LogP contribution in [0, 0.1) is 6.92 Å². The number of piperazine rings is 1. The third kappa shape index (κ3) is 3.98. The van der Waals surface area contributed by atoms with Crippen LogP contribution in [-0.2, 0) is 4.79 Å². The Morgan fingerprint density at radius 2 is 1.68 bits per heavy atom. The first-order chi connectivity index (χ1) is 13.7. The van der Waals surface area contributed by atoms with Crippen LogP contribution in [0.1, 0.15) is 11.1 Å². The largest absolute Gasteiger partial charge is 0.338 e. The minimum atomic E-state index is 0.0605. The number of nitrogens with zero attached hydrogens (tertiary/aromatic N) is 4. The zero-order chi connectivity index (χ0) is 19.3. The van der Waals surface area contributed by atoms with Gasteiger partial charge in [-0.1, -0.05) is 48.0 Å². The summed E-state index contributed by atoms with van der Waals surface area (Å²) in [6.07, 6.45) is 7.35. The molecule has 0 atom stereocenters. The van der Waals surface area contributed by atoms with E-state index < -0.39 is 0 Å². The number of aromatic nitrogens is 2. The molecule has 28 heavy (non-hydrogen) atoms. The summed E-state index contributed by atoms with van der Waals surface area (Å²) in [5.41, 5.74) is 3.37. The van der Waals surface area contributed by atoms with Crippen LogP contribution in [0.4, 0.5) is 5.95 Å². The second-order valence-electron chi connectivity index (χ2n) is 6.99. The smallest absolute Gasteiger partial charge is 0.246 e. The lowest BCUT2D eigenvalue weighted by Gasteiger charge is -2.35. The highest BCUT2D eigenvalue weighted by Crippen LogP contribution is 2.20. The number of anilines is 1. The molecule has 0 N–H and O–H groups in total. The van der Waals surface area contributed by atoms with Crippen LogP contribution in [0.5, 0.6) is 0 Å². The number of carbonyl (C=O) groups is 1. The van der Waals surface area contributed by atoms with Crippen LogP contribution in [0.25, 0.3) is 11.8 Å². The van der Waals surface area contributed by atoms with Gasteiger partial charge in [0.2, 0.25) is 11.9 Å². The van der Waals surface area contributed by atoms with Crippen molar-refractivity contribution in [2.45, 2.75) is 6.92 Å². The van der Waals surface area contributed by atoms with E-state index in [1.165, 1.54) is 5.56 Å². The number of amides is 1. The van der Waals surface area contributed by atoms with E-state index in [1.54, 1.807) is 6.08 Å². The second kappa shape index (κ2) is 8.13. The number of hydrogen-bond donors (Lipinski definition) is 0. The maximum atomic E-state index is 12.5. The third-order valence-corrected chi connectivity index (χ3v) is 5.03. The van der Waals surface area contributed by atoms with Crippen molar-refractivity contribution in [1.29, 1.82) is 0 Å². The Hall–Kier alpha value is -3.34. The molecular formula is C23H24N4O. The first-order valence-electron chi connectivity index (χ1n) is 9.58. The molecule has 5 heteroatoms. The van der Waals surface area contributed by atoms with Crippen LogP contribution in [0.15, 0.2) is 73.1 Å². The normalized spacial score (nSPS) is 14.6. The fraction of sp³-hybridized carbons (Fsp3) is 0.217. The van der Waals surface area contributed by atoms with E-state index >= 15 is 0 Å². The number of rotatable bonds is 4. The molecule has 0 bridgehead atoms. The van der Waals surface area contributed by atoms with E-state index in [9.17, 15) is 4.79 Å². The monoisotopic (exact) mass is 372 g/mol. The van der Waals surface area contributed by atoms with Gasteiger partial charge in [-0.15, -0.1) is 0 Å². The van der Waals surface area contributed by atoms with Gasteiger partial charge < -0.3 is 9.80 Å². The molecule has 0 unspecified atom stereocenters. The molecule has 2 heterocycles. The van der Waals surface area contributed by atoms with E-state index in [4.69, 9.17) is 0 Å². The predicted molar refractivity (Wildman–Crippen MR) is 113 cm³/mol. The van der Waals surface area contributed by atoms with E-state index in [0.717, 1.165) is 30.3 Å². The third-order valence-electron chi connectivity index (χ3n) is 5.03. The minimum Gasteiger partial charge on any atom is -0.338 e. The lowest BCUT2D eigenvalue weighted by Crippen LogP contribution is -2.49. The molecule has 5 nitrogen and oxygen atoms in total. The second-order valence-corrected chi connectivity index (χ2v) is 6.99. The summed E-state index contributed by atoms with van der Waals surface area (Å²) in [4.78, 5) is 21.2. The van der Waals surface area contributed by atoms with E-state index in [1.807, 2.05) is 53.7 Å². The molecule has 2 aromatic carbocycles. The average Bonchev–Trinajstić information content (AvgIpc) is 3.23. The summed E-state index contributed by atoms with van der Waals surface area (Å²) in [6, 6.07) is 18.3. The lowest BCUT2D eigenvalue weighted by atomic mass is 10.2.